The van der Waals surface area contributed by atoms with Crippen molar-refractivity contribution in [2.45, 2.75) is 38.4 Å². The summed E-state index contributed by atoms with van der Waals surface area (Å²) in [7, 11) is 0. The van der Waals surface area contributed by atoms with Crippen molar-refractivity contribution in [3.8, 4) is 0 Å². The molecule has 1 amide bonds. The van der Waals surface area contributed by atoms with Gasteiger partial charge in [-0.05, 0) is 43.4 Å². The SMILES string of the molecule is O=C(C1CC=CC1)N1CC[C@@H]2OCC[C@]2(COCc2ccncc2)C1. The number of amides is 1. The zero-order chi connectivity index (χ0) is 17.1. The minimum atomic E-state index is -0.0486. The fourth-order valence-electron chi connectivity index (χ4n) is 4.37. The third kappa shape index (κ3) is 3.48. The Balaban J connectivity index is 1.39. The summed E-state index contributed by atoms with van der Waals surface area (Å²) in [5.41, 5.74) is 1.08. The molecule has 1 aromatic heterocycles. The molecule has 3 heterocycles. The number of hydrogen-bond acceptors (Lipinski definition) is 4. The predicted molar refractivity (Wildman–Crippen MR) is 93.7 cm³/mol. The molecule has 5 heteroatoms. The Morgan fingerprint density at radius 1 is 1.32 bits per heavy atom. The third-order valence-electron chi connectivity index (χ3n) is 5.85. The van der Waals surface area contributed by atoms with Crippen molar-refractivity contribution in [3.63, 3.8) is 0 Å². The van der Waals surface area contributed by atoms with Gasteiger partial charge in [0.15, 0.2) is 0 Å². The van der Waals surface area contributed by atoms with Crippen molar-refractivity contribution in [1.29, 1.82) is 0 Å². The second-order valence-corrected chi connectivity index (χ2v) is 7.51. The molecule has 2 fully saturated rings. The number of nitrogens with zero attached hydrogens (tertiary/aromatic N) is 2. The van der Waals surface area contributed by atoms with E-state index in [1.807, 2.05) is 12.1 Å². The van der Waals surface area contributed by atoms with Crippen LogP contribution in [0.3, 0.4) is 0 Å². The first-order valence-electron chi connectivity index (χ1n) is 9.29. The summed E-state index contributed by atoms with van der Waals surface area (Å²) in [6.45, 7) is 3.58. The van der Waals surface area contributed by atoms with Gasteiger partial charge in [-0.25, -0.2) is 0 Å². The second-order valence-electron chi connectivity index (χ2n) is 7.51. The van der Waals surface area contributed by atoms with Crippen LogP contribution < -0.4 is 0 Å². The Hall–Kier alpha value is -1.72. The van der Waals surface area contributed by atoms with Gasteiger partial charge in [0.1, 0.15) is 0 Å². The number of ether oxygens (including phenoxy) is 2. The van der Waals surface area contributed by atoms with Crippen LogP contribution in [0.25, 0.3) is 0 Å². The molecule has 1 aliphatic carbocycles. The van der Waals surface area contributed by atoms with E-state index < -0.39 is 0 Å². The van der Waals surface area contributed by atoms with Crippen LogP contribution in [0.2, 0.25) is 0 Å². The Labute approximate surface area is 149 Å². The lowest BCUT2D eigenvalue weighted by Gasteiger charge is -2.44. The van der Waals surface area contributed by atoms with Crippen molar-refractivity contribution >= 4 is 5.91 Å². The normalized spacial score (nSPS) is 29.1. The molecule has 134 valence electrons. The van der Waals surface area contributed by atoms with Crippen LogP contribution in [0.5, 0.6) is 0 Å². The highest BCUT2D eigenvalue weighted by Crippen LogP contribution is 2.42. The summed E-state index contributed by atoms with van der Waals surface area (Å²) < 4.78 is 12.0. The maximum atomic E-state index is 12.8. The molecule has 0 unspecified atom stereocenters. The highest BCUT2D eigenvalue weighted by Gasteiger charge is 2.49. The van der Waals surface area contributed by atoms with Crippen molar-refractivity contribution in [2.24, 2.45) is 11.3 Å². The van der Waals surface area contributed by atoms with Gasteiger partial charge in [0.25, 0.3) is 0 Å². The van der Waals surface area contributed by atoms with E-state index in [-0.39, 0.29) is 17.4 Å². The summed E-state index contributed by atoms with van der Waals surface area (Å²) in [6.07, 6.45) is 11.7. The molecule has 2 atom stereocenters. The first kappa shape index (κ1) is 16.7. The van der Waals surface area contributed by atoms with Crippen LogP contribution in [-0.2, 0) is 20.9 Å². The first-order valence-corrected chi connectivity index (χ1v) is 9.29. The van der Waals surface area contributed by atoms with Crippen molar-refractivity contribution in [3.05, 3.63) is 42.2 Å². The lowest BCUT2D eigenvalue weighted by molar-refractivity contribution is -0.143. The average Bonchev–Trinajstić information content (AvgIpc) is 3.31. The summed E-state index contributed by atoms with van der Waals surface area (Å²) in [4.78, 5) is 18.9. The predicted octanol–water partition coefficient (Wildman–Crippen LogP) is 2.57. The van der Waals surface area contributed by atoms with E-state index in [1.54, 1.807) is 12.4 Å². The molecule has 0 radical (unpaired) electrons. The topological polar surface area (TPSA) is 51.7 Å². The molecule has 4 rings (SSSR count). The molecule has 2 aliphatic heterocycles. The highest BCUT2D eigenvalue weighted by molar-refractivity contribution is 5.79. The third-order valence-corrected chi connectivity index (χ3v) is 5.85. The zero-order valence-electron chi connectivity index (χ0n) is 14.6. The smallest absolute Gasteiger partial charge is 0.226 e. The Kier molecular flexibility index (Phi) is 4.86. The maximum absolute atomic E-state index is 12.8. The molecule has 2 saturated heterocycles. The van der Waals surface area contributed by atoms with Crippen molar-refractivity contribution < 1.29 is 14.3 Å². The van der Waals surface area contributed by atoms with Gasteiger partial charge in [-0.15, -0.1) is 0 Å². The van der Waals surface area contributed by atoms with E-state index in [1.165, 1.54) is 0 Å². The number of hydrogen-bond donors (Lipinski definition) is 0. The van der Waals surface area contributed by atoms with Gasteiger partial charge in [0.05, 0.1) is 19.3 Å². The van der Waals surface area contributed by atoms with Crippen LogP contribution in [0.4, 0.5) is 0 Å². The van der Waals surface area contributed by atoms with Gasteiger partial charge in [-0.1, -0.05) is 12.2 Å². The molecular weight excluding hydrogens is 316 g/mol. The van der Waals surface area contributed by atoms with Crippen LogP contribution in [-0.4, -0.2) is 48.2 Å². The molecule has 0 N–H and O–H groups in total. The molecule has 3 aliphatic rings. The van der Waals surface area contributed by atoms with Crippen molar-refractivity contribution in [2.75, 3.05) is 26.3 Å². The minimum absolute atomic E-state index is 0.0486. The summed E-state index contributed by atoms with van der Waals surface area (Å²) in [5.74, 6) is 0.456. The minimum Gasteiger partial charge on any atom is -0.377 e. The molecule has 0 saturated carbocycles. The van der Waals surface area contributed by atoms with Gasteiger partial charge in [0.2, 0.25) is 5.91 Å². The Morgan fingerprint density at radius 3 is 2.92 bits per heavy atom. The molecule has 1 aromatic rings. The number of allylic oxidation sites excluding steroid dienone is 2. The van der Waals surface area contributed by atoms with Crippen LogP contribution in [0.1, 0.15) is 31.2 Å². The summed E-state index contributed by atoms with van der Waals surface area (Å²) in [6, 6.07) is 3.95. The van der Waals surface area contributed by atoms with Gasteiger partial charge < -0.3 is 14.4 Å². The molecule has 5 nitrogen and oxygen atoms in total. The first-order chi connectivity index (χ1) is 12.3. The van der Waals surface area contributed by atoms with Gasteiger partial charge >= 0.3 is 0 Å². The van der Waals surface area contributed by atoms with Gasteiger partial charge in [-0.3, -0.25) is 9.78 Å². The van der Waals surface area contributed by atoms with E-state index >= 15 is 0 Å². The number of likely N-dealkylation sites (tertiary alicyclic amines) is 1. The fraction of sp³-hybridized carbons (Fsp3) is 0.600. The largest absolute Gasteiger partial charge is 0.377 e. The monoisotopic (exact) mass is 342 g/mol. The van der Waals surface area contributed by atoms with Crippen LogP contribution >= 0.6 is 0 Å². The molecule has 0 aromatic carbocycles. The number of fused-ring (bicyclic) bond motifs is 1. The number of carbonyl (C=O) groups excluding carboxylic acids is 1. The lowest BCUT2D eigenvalue weighted by Crippen LogP contribution is -2.54. The highest BCUT2D eigenvalue weighted by atomic mass is 16.5. The van der Waals surface area contributed by atoms with E-state index in [9.17, 15) is 4.79 Å². The number of aromatic nitrogens is 1. The van der Waals surface area contributed by atoms with E-state index in [4.69, 9.17) is 9.47 Å². The number of carbonyl (C=O) groups is 1. The average molecular weight is 342 g/mol. The van der Waals surface area contributed by atoms with Gasteiger partial charge in [-0.2, -0.15) is 0 Å². The maximum Gasteiger partial charge on any atom is 0.226 e. The Bertz CT molecular complexity index is 625. The fourth-order valence-corrected chi connectivity index (χ4v) is 4.37. The van der Waals surface area contributed by atoms with Crippen molar-refractivity contribution in [1.82, 2.24) is 9.88 Å². The standard InChI is InChI=1S/C20H26N2O3/c23-19(17-3-1-2-4-17)22-11-7-18-20(14-22,8-12-25-18)15-24-13-16-5-9-21-10-6-16/h1-2,5-6,9-10,17-18H,3-4,7-8,11-15H2/t18-,20+/m0/s1. The molecule has 25 heavy (non-hydrogen) atoms. The Morgan fingerprint density at radius 2 is 2.12 bits per heavy atom. The lowest BCUT2D eigenvalue weighted by atomic mass is 9.77. The molecule has 0 spiro atoms. The number of pyridine rings is 1. The van der Waals surface area contributed by atoms with Crippen LogP contribution in [0.15, 0.2) is 36.7 Å². The zero-order valence-corrected chi connectivity index (χ0v) is 14.6. The van der Waals surface area contributed by atoms with E-state index in [0.717, 1.165) is 50.9 Å². The molecular formula is C20H26N2O3. The van der Waals surface area contributed by atoms with E-state index in [0.29, 0.717) is 19.1 Å². The second kappa shape index (κ2) is 7.26. The summed E-state index contributed by atoms with van der Waals surface area (Å²) >= 11 is 0. The number of piperidine rings is 1. The van der Waals surface area contributed by atoms with E-state index in [2.05, 4.69) is 22.0 Å². The summed E-state index contributed by atoms with van der Waals surface area (Å²) in [5, 5.41) is 0. The van der Waals surface area contributed by atoms with Crippen LogP contribution in [0, 0.1) is 11.3 Å². The number of rotatable bonds is 5. The quantitative estimate of drug-likeness (QED) is 0.772. The molecule has 0 bridgehead atoms. The van der Waals surface area contributed by atoms with Gasteiger partial charge in [0, 0.05) is 43.4 Å².